The summed E-state index contributed by atoms with van der Waals surface area (Å²) in [5, 5.41) is 16.2. The van der Waals surface area contributed by atoms with Crippen molar-refractivity contribution in [3.05, 3.63) is 30.0 Å². The molecule has 0 atom stereocenters. The van der Waals surface area contributed by atoms with Crippen LogP contribution in [0.15, 0.2) is 24.3 Å². The molecule has 1 aromatic carbocycles. The Kier molecular flexibility index (Phi) is 3.22. The van der Waals surface area contributed by atoms with Gasteiger partial charge in [-0.1, -0.05) is 17.3 Å². The van der Waals surface area contributed by atoms with E-state index in [-0.39, 0.29) is 17.9 Å². The molecule has 0 unspecified atom stereocenters. The first-order valence-electron chi connectivity index (χ1n) is 5.22. The van der Waals surface area contributed by atoms with Crippen molar-refractivity contribution >= 4 is 11.7 Å². The van der Waals surface area contributed by atoms with E-state index in [1.165, 1.54) is 4.68 Å². The first-order valence-corrected chi connectivity index (χ1v) is 5.22. The van der Waals surface area contributed by atoms with Gasteiger partial charge in [-0.25, -0.2) is 13.9 Å². The van der Waals surface area contributed by atoms with Gasteiger partial charge in [0.15, 0.2) is 5.69 Å². The molecule has 7 heteroatoms. The van der Waals surface area contributed by atoms with Crippen LogP contribution in [0.4, 0.5) is 10.1 Å². The number of aromatic nitrogens is 3. The molecule has 0 amide bonds. The number of aryl methyl sites for hydroxylation is 1. The average Bonchev–Trinajstić information content (AvgIpc) is 2.75. The van der Waals surface area contributed by atoms with Crippen LogP contribution in [-0.4, -0.2) is 32.7 Å². The Hall–Kier alpha value is -2.44. The molecule has 0 saturated carbocycles. The van der Waals surface area contributed by atoms with Crippen LogP contribution in [0, 0.1) is 0 Å². The molecule has 18 heavy (non-hydrogen) atoms. The predicted octanol–water partition coefficient (Wildman–Crippen LogP) is 1.20. The van der Waals surface area contributed by atoms with Gasteiger partial charge in [0.2, 0.25) is 0 Å². The van der Waals surface area contributed by atoms with E-state index in [0.717, 1.165) is 0 Å². The zero-order valence-corrected chi connectivity index (χ0v) is 9.38. The van der Waals surface area contributed by atoms with E-state index in [0.29, 0.717) is 11.3 Å². The van der Waals surface area contributed by atoms with Gasteiger partial charge in [0, 0.05) is 11.3 Å². The maximum absolute atomic E-state index is 12.4. The van der Waals surface area contributed by atoms with Gasteiger partial charge in [-0.15, -0.1) is 5.10 Å². The lowest BCUT2D eigenvalue weighted by atomic mass is 10.1. The van der Waals surface area contributed by atoms with Crippen molar-refractivity contribution < 1.29 is 14.3 Å². The highest BCUT2D eigenvalue weighted by Gasteiger charge is 2.20. The number of hydrogen-bond acceptors (Lipinski definition) is 4. The summed E-state index contributed by atoms with van der Waals surface area (Å²) in [5.74, 6) is -1.20. The fourth-order valence-electron chi connectivity index (χ4n) is 1.62. The summed E-state index contributed by atoms with van der Waals surface area (Å²) in [6.45, 7) is -0.690. The number of carbonyl (C=O) groups is 1. The van der Waals surface area contributed by atoms with E-state index in [2.05, 4.69) is 10.3 Å². The molecule has 2 aromatic rings. The number of hydrogen-bond donors (Lipinski definition) is 2. The van der Waals surface area contributed by atoms with Gasteiger partial charge in [-0.05, 0) is 12.1 Å². The molecule has 0 aliphatic rings. The lowest BCUT2D eigenvalue weighted by Crippen LogP contribution is -2.06. The van der Waals surface area contributed by atoms with Crippen LogP contribution in [0.25, 0.3) is 11.3 Å². The van der Waals surface area contributed by atoms with Crippen molar-refractivity contribution in [3.8, 4) is 11.3 Å². The summed E-state index contributed by atoms with van der Waals surface area (Å²) in [5.41, 5.74) is 6.78. The van der Waals surface area contributed by atoms with Crippen LogP contribution in [-0.2, 0) is 6.54 Å². The maximum Gasteiger partial charge on any atom is 0.358 e. The van der Waals surface area contributed by atoms with Crippen molar-refractivity contribution in [3.63, 3.8) is 0 Å². The van der Waals surface area contributed by atoms with Crippen LogP contribution in [0.1, 0.15) is 10.5 Å². The van der Waals surface area contributed by atoms with E-state index in [1.54, 1.807) is 24.3 Å². The largest absolute Gasteiger partial charge is 0.476 e. The highest BCUT2D eigenvalue weighted by atomic mass is 19.1. The number of carboxylic acid groups (broad SMARTS) is 1. The van der Waals surface area contributed by atoms with Gasteiger partial charge in [0.05, 0.1) is 6.54 Å². The van der Waals surface area contributed by atoms with Gasteiger partial charge >= 0.3 is 5.97 Å². The minimum atomic E-state index is -1.20. The third-order valence-electron chi connectivity index (χ3n) is 2.42. The van der Waals surface area contributed by atoms with Crippen LogP contribution in [0.2, 0.25) is 0 Å². The monoisotopic (exact) mass is 250 g/mol. The molecule has 0 radical (unpaired) electrons. The molecular formula is C11H11FN4O2. The molecule has 1 aromatic heterocycles. The molecule has 6 nitrogen and oxygen atoms in total. The third kappa shape index (κ3) is 2.15. The highest BCUT2D eigenvalue weighted by molar-refractivity contribution is 5.92. The number of rotatable bonds is 4. The molecule has 0 bridgehead atoms. The molecule has 0 spiro atoms. The minimum Gasteiger partial charge on any atom is -0.476 e. The van der Waals surface area contributed by atoms with Gasteiger partial charge in [0.1, 0.15) is 12.4 Å². The molecule has 94 valence electrons. The second kappa shape index (κ2) is 4.82. The average molecular weight is 250 g/mol. The number of nitrogen functional groups attached to an aromatic ring is 1. The normalized spacial score (nSPS) is 10.5. The number of carboxylic acids is 1. The Morgan fingerprint density at radius 3 is 2.61 bits per heavy atom. The number of benzene rings is 1. The molecule has 0 aliphatic heterocycles. The van der Waals surface area contributed by atoms with Crippen molar-refractivity contribution in [1.82, 2.24) is 15.0 Å². The molecule has 2 rings (SSSR count). The van der Waals surface area contributed by atoms with E-state index in [1.807, 2.05) is 0 Å². The zero-order valence-electron chi connectivity index (χ0n) is 9.38. The fraction of sp³-hybridized carbons (Fsp3) is 0.182. The van der Waals surface area contributed by atoms with Crippen molar-refractivity contribution in [2.45, 2.75) is 6.54 Å². The first-order chi connectivity index (χ1) is 8.63. The summed E-state index contributed by atoms with van der Waals surface area (Å²) in [4.78, 5) is 11.0. The van der Waals surface area contributed by atoms with Crippen molar-refractivity contribution in [1.29, 1.82) is 0 Å². The quantitative estimate of drug-likeness (QED) is 0.795. The second-order valence-corrected chi connectivity index (χ2v) is 3.63. The van der Waals surface area contributed by atoms with Crippen molar-refractivity contribution in [2.24, 2.45) is 0 Å². The second-order valence-electron chi connectivity index (χ2n) is 3.63. The Balaban J connectivity index is 2.55. The Bertz CT molecular complexity index is 565. The van der Waals surface area contributed by atoms with Crippen LogP contribution in [0.5, 0.6) is 0 Å². The predicted molar refractivity (Wildman–Crippen MR) is 62.8 cm³/mol. The highest BCUT2D eigenvalue weighted by Crippen LogP contribution is 2.23. The number of aromatic carboxylic acids is 1. The maximum atomic E-state index is 12.4. The van der Waals surface area contributed by atoms with Crippen LogP contribution < -0.4 is 5.73 Å². The number of nitrogens with zero attached hydrogens (tertiary/aromatic N) is 3. The number of halogens is 1. The standard InChI is InChI=1S/C11H11FN4O2/c12-5-6-16-10(9(11(17)18)14-15-16)7-1-3-8(13)4-2-7/h1-4H,5-6,13H2,(H,17,18). The first kappa shape index (κ1) is 12.0. The SMILES string of the molecule is Nc1ccc(-c2c(C(=O)O)nnn2CCF)cc1. The van der Waals surface area contributed by atoms with Gasteiger partial charge in [-0.3, -0.25) is 0 Å². The van der Waals surface area contributed by atoms with Gasteiger partial charge in [0.25, 0.3) is 0 Å². The Morgan fingerprint density at radius 1 is 1.39 bits per heavy atom. The minimum absolute atomic E-state index is 0.0417. The Labute approximate surface area is 102 Å². The number of anilines is 1. The molecule has 0 aliphatic carbocycles. The van der Waals surface area contributed by atoms with Crippen LogP contribution >= 0.6 is 0 Å². The lowest BCUT2D eigenvalue weighted by Gasteiger charge is -2.05. The fourth-order valence-corrected chi connectivity index (χ4v) is 1.62. The van der Waals surface area contributed by atoms with E-state index in [9.17, 15) is 9.18 Å². The van der Waals surface area contributed by atoms with E-state index >= 15 is 0 Å². The molecule has 0 saturated heterocycles. The lowest BCUT2D eigenvalue weighted by molar-refractivity contribution is 0.0691. The Morgan fingerprint density at radius 2 is 2.06 bits per heavy atom. The van der Waals surface area contributed by atoms with E-state index in [4.69, 9.17) is 10.8 Å². The molecule has 1 heterocycles. The molecule has 3 N–H and O–H groups in total. The molecular weight excluding hydrogens is 239 g/mol. The molecule has 0 fully saturated rings. The third-order valence-corrected chi connectivity index (χ3v) is 2.42. The number of alkyl halides is 1. The zero-order chi connectivity index (χ0) is 13.1. The summed E-state index contributed by atoms with van der Waals surface area (Å²) in [6.07, 6.45) is 0. The topological polar surface area (TPSA) is 94.0 Å². The van der Waals surface area contributed by atoms with E-state index < -0.39 is 12.6 Å². The smallest absolute Gasteiger partial charge is 0.358 e. The summed E-state index contributed by atoms with van der Waals surface area (Å²) in [7, 11) is 0. The van der Waals surface area contributed by atoms with Crippen LogP contribution in [0.3, 0.4) is 0 Å². The summed E-state index contributed by atoms with van der Waals surface area (Å²) < 4.78 is 13.6. The summed E-state index contributed by atoms with van der Waals surface area (Å²) in [6, 6.07) is 6.56. The summed E-state index contributed by atoms with van der Waals surface area (Å²) >= 11 is 0. The van der Waals surface area contributed by atoms with Gasteiger partial charge in [-0.2, -0.15) is 0 Å². The van der Waals surface area contributed by atoms with Gasteiger partial charge < -0.3 is 10.8 Å². The van der Waals surface area contributed by atoms with Crippen molar-refractivity contribution in [2.75, 3.05) is 12.4 Å². The number of nitrogens with two attached hydrogens (primary N) is 1.